The fourth-order valence-corrected chi connectivity index (χ4v) is 2.93. The Bertz CT molecular complexity index is 413. The Balaban J connectivity index is 2.40. The van der Waals surface area contributed by atoms with Crippen LogP contribution in [0.4, 0.5) is 5.69 Å². The molecule has 1 N–H and O–H groups in total. The third-order valence-electron chi connectivity index (χ3n) is 2.44. The first-order valence-electron chi connectivity index (χ1n) is 5.24. The van der Waals surface area contributed by atoms with E-state index in [4.69, 9.17) is 0 Å². The molecule has 1 aromatic carbocycles. The van der Waals surface area contributed by atoms with Gasteiger partial charge in [0.15, 0.2) is 0 Å². The first-order chi connectivity index (χ1) is 6.98. The van der Waals surface area contributed by atoms with Gasteiger partial charge >= 0.3 is 0 Å². The lowest BCUT2D eigenvalue weighted by Crippen LogP contribution is -2.15. The molecule has 0 radical (unpaired) electrons. The number of anilines is 1. The summed E-state index contributed by atoms with van der Waals surface area (Å²) < 4.78 is 0. The molecule has 0 atom stereocenters. The standard InChI is InChI=1S/C13H17NS/c1-9-12(13(2,3)4)15-11-8-6-5-7-10(11)14-9/h5-8,14H,1-4H3. The van der Waals surface area contributed by atoms with E-state index >= 15 is 0 Å². The number of hydrogen-bond donors (Lipinski definition) is 1. The van der Waals surface area contributed by atoms with E-state index in [2.05, 4.69) is 57.3 Å². The molecule has 0 spiro atoms. The molecule has 1 nitrogen and oxygen atoms in total. The molecule has 80 valence electrons. The summed E-state index contributed by atoms with van der Waals surface area (Å²) in [5, 5.41) is 3.48. The number of benzene rings is 1. The van der Waals surface area contributed by atoms with Gasteiger partial charge in [0, 0.05) is 15.5 Å². The second kappa shape index (κ2) is 3.60. The lowest BCUT2D eigenvalue weighted by atomic mass is 9.94. The summed E-state index contributed by atoms with van der Waals surface area (Å²) in [6, 6.07) is 8.46. The molecule has 0 unspecified atom stereocenters. The van der Waals surface area contributed by atoms with Crippen LogP contribution in [0.2, 0.25) is 0 Å². The predicted octanol–water partition coefficient (Wildman–Crippen LogP) is 4.48. The maximum atomic E-state index is 3.48. The van der Waals surface area contributed by atoms with Gasteiger partial charge in [-0.2, -0.15) is 0 Å². The molecule has 15 heavy (non-hydrogen) atoms. The normalized spacial score (nSPS) is 16.0. The minimum absolute atomic E-state index is 0.218. The summed E-state index contributed by atoms with van der Waals surface area (Å²) in [7, 11) is 0. The highest BCUT2D eigenvalue weighted by molar-refractivity contribution is 8.03. The Morgan fingerprint density at radius 2 is 1.80 bits per heavy atom. The van der Waals surface area contributed by atoms with Crippen molar-refractivity contribution in [2.24, 2.45) is 5.41 Å². The van der Waals surface area contributed by atoms with Gasteiger partial charge in [-0.1, -0.05) is 44.7 Å². The van der Waals surface area contributed by atoms with E-state index in [0.29, 0.717) is 0 Å². The molecule has 0 aliphatic carbocycles. The van der Waals surface area contributed by atoms with Gasteiger partial charge in [-0.05, 0) is 24.5 Å². The maximum Gasteiger partial charge on any atom is 0.0523 e. The van der Waals surface area contributed by atoms with Crippen LogP contribution < -0.4 is 5.32 Å². The smallest absolute Gasteiger partial charge is 0.0523 e. The number of rotatable bonds is 0. The van der Waals surface area contributed by atoms with Crippen molar-refractivity contribution < 1.29 is 0 Å². The topological polar surface area (TPSA) is 12.0 Å². The predicted molar refractivity (Wildman–Crippen MR) is 68.1 cm³/mol. The summed E-state index contributed by atoms with van der Waals surface area (Å²) in [6.07, 6.45) is 0. The molecule has 0 bridgehead atoms. The Hall–Kier alpha value is -0.890. The minimum atomic E-state index is 0.218. The van der Waals surface area contributed by atoms with Gasteiger partial charge in [0.25, 0.3) is 0 Å². The molecule has 0 amide bonds. The lowest BCUT2D eigenvalue weighted by Gasteiger charge is -2.30. The van der Waals surface area contributed by atoms with Crippen LogP contribution in [0, 0.1) is 5.41 Å². The fourth-order valence-electron chi connectivity index (χ4n) is 1.82. The molecule has 1 aromatic rings. The van der Waals surface area contributed by atoms with Crippen molar-refractivity contribution in [3.63, 3.8) is 0 Å². The monoisotopic (exact) mass is 219 g/mol. The van der Waals surface area contributed by atoms with Gasteiger partial charge in [0.2, 0.25) is 0 Å². The summed E-state index contributed by atoms with van der Waals surface area (Å²) in [6.45, 7) is 8.93. The number of fused-ring (bicyclic) bond motifs is 1. The van der Waals surface area contributed by atoms with E-state index < -0.39 is 0 Å². The average molecular weight is 219 g/mol. The largest absolute Gasteiger partial charge is 0.358 e. The molecule has 2 heteroatoms. The molecule has 1 aliphatic rings. The first-order valence-corrected chi connectivity index (χ1v) is 6.05. The molecular formula is C13H17NS. The van der Waals surface area contributed by atoms with E-state index in [1.54, 1.807) is 0 Å². The van der Waals surface area contributed by atoms with Crippen molar-refractivity contribution in [2.45, 2.75) is 32.6 Å². The van der Waals surface area contributed by atoms with E-state index in [1.165, 1.54) is 21.2 Å². The zero-order valence-electron chi connectivity index (χ0n) is 9.72. The SMILES string of the molecule is CC1=C(C(C)(C)C)Sc2ccccc2N1. The Morgan fingerprint density at radius 1 is 1.13 bits per heavy atom. The molecule has 0 saturated heterocycles. The van der Waals surface area contributed by atoms with Crippen LogP contribution in [0.3, 0.4) is 0 Å². The van der Waals surface area contributed by atoms with Gasteiger partial charge in [-0.25, -0.2) is 0 Å². The highest BCUT2D eigenvalue weighted by Gasteiger charge is 2.25. The number of hydrogen-bond acceptors (Lipinski definition) is 2. The number of para-hydroxylation sites is 1. The van der Waals surface area contributed by atoms with E-state index in [-0.39, 0.29) is 5.41 Å². The number of allylic oxidation sites excluding steroid dienone is 2. The van der Waals surface area contributed by atoms with Crippen molar-refractivity contribution in [1.82, 2.24) is 0 Å². The second-order valence-corrected chi connectivity index (χ2v) is 5.98. The van der Waals surface area contributed by atoms with Crippen LogP contribution in [0.15, 0.2) is 39.8 Å². The van der Waals surface area contributed by atoms with Crippen LogP contribution in [0.1, 0.15) is 27.7 Å². The van der Waals surface area contributed by atoms with Gasteiger partial charge in [-0.15, -0.1) is 0 Å². The van der Waals surface area contributed by atoms with Crippen molar-refractivity contribution in [3.8, 4) is 0 Å². The van der Waals surface area contributed by atoms with Crippen molar-refractivity contribution in [1.29, 1.82) is 0 Å². The van der Waals surface area contributed by atoms with E-state index in [1.807, 2.05) is 11.8 Å². The molecular weight excluding hydrogens is 202 g/mol. The van der Waals surface area contributed by atoms with Gasteiger partial charge in [0.1, 0.15) is 0 Å². The Morgan fingerprint density at radius 3 is 2.47 bits per heavy atom. The quantitative estimate of drug-likeness (QED) is 0.690. The summed E-state index contributed by atoms with van der Waals surface area (Å²) in [5.74, 6) is 0. The molecule has 1 heterocycles. The third kappa shape index (κ3) is 2.05. The summed E-state index contributed by atoms with van der Waals surface area (Å²) in [5.41, 5.74) is 2.73. The van der Waals surface area contributed by atoms with Crippen molar-refractivity contribution >= 4 is 17.4 Å². The number of thioether (sulfide) groups is 1. The van der Waals surface area contributed by atoms with Crippen molar-refractivity contribution in [2.75, 3.05) is 5.32 Å². The van der Waals surface area contributed by atoms with Gasteiger partial charge < -0.3 is 5.32 Å². The van der Waals surface area contributed by atoms with Gasteiger partial charge in [-0.3, -0.25) is 0 Å². The van der Waals surface area contributed by atoms with Crippen LogP contribution in [-0.4, -0.2) is 0 Å². The second-order valence-electron chi connectivity index (χ2n) is 4.93. The highest BCUT2D eigenvalue weighted by atomic mass is 32.2. The Labute approximate surface area is 96.0 Å². The third-order valence-corrected chi connectivity index (χ3v) is 4.14. The number of nitrogens with one attached hydrogen (secondary N) is 1. The maximum absolute atomic E-state index is 3.48. The van der Waals surface area contributed by atoms with Crippen LogP contribution in [0.25, 0.3) is 0 Å². The molecule has 0 fully saturated rings. The van der Waals surface area contributed by atoms with E-state index in [0.717, 1.165) is 0 Å². The molecule has 1 aliphatic heterocycles. The zero-order chi connectivity index (χ0) is 11.1. The lowest BCUT2D eigenvalue weighted by molar-refractivity contribution is 0.528. The fraction of sp³-hybridized carbons (Fsp3) is 0.385. The van der Waals surface area contributed by atoms with Crippen LogP contribution >= 0.6 is 11.8 Å². The average Bonchev–Trinajstić information content (AvgIpc) is 2.15. The van der Waals surface area contributed by atoms with Crippen molar-refractivity contribution in [3.05, 3.63) is 34.9 Å². The van der Waals surface area contributed by atoms with Gasteiger partial charge in [0.05, 0.1) is 5.69 Å². The first kappa shape index (κ1) is 10.6. The molecule has 2 rings (SSSR count). The summed E-state index contributed by atoms with van der Waals surface area (Å²) >= 11 is 1.89. The van der Waals surface area contributed by atoms with E-state index in [9.17, 15) is 0 Å². The zero-order valence-corrected chi connectivity index (χ0v) is 10.5. The minimum Gasteiger partial charge on any atom is -0.358 e. The van der Waals surface area contributed by atoms with Crippen LogP contribution in [-0.2, 0) is 0 Å². The molecule has 0 aromatic heterocycles. The summed E-state index contributed by atoms with van der Waals surface area (Å²) in [4.78, 5) is 2.76. The van der Waals surface area contributed by atoms with Crippen LogP contribution in [0.5, 0.6) is 0 Å². The Kier molecular flexibility index (Phi) is 2.55. The molecule has 0 saturated carbocycles. The highest BCUT2D eigenvalue weighted by Crippen LogP contribution is 2.46.